The Bertz CT molecular complexity index is 1070. The van der Waals surface area contributed by atoms with E-state index in [2.05, 4.69) is 29.4 Å². The van der Waals surface area contributed by atoms with Crippen molar-refractivity contribution in [1.82, 2.24) is 14.8 Å². The fourth-order valence-corrected chi connectivity index (χ4v) is 3.79. The normalized spacial score (nSPS) is 11.9. The molecule has 0 saturated heterocycles. The molecule has 1 atom stereocenters. The molecule has 1 aromatic heterocycles. The smallest absolute Gasteiger partial charge is 0.234 e. The molecule has 3 aromatic rings. The summed E-state index contributed by atoms with van der Waals surface area (Å²) in [6.07, 6.45) is -0.276. The standard InChI is InChI=1S/C22H25ClN4O2S/c1-13-7-9-18(10-15(13)3)29-16(4)21-25-26-22(27(21)5)30-12-20(28)24-19-11-17(23)8-6-14(19)2/h6-11,16H,12H2,1-5H3,(H,24,28). The van der Waals surface area contributed by atoms with Crippen LogP contribution in [0.3, 0.4) is 0 Å². The molecule has 8 heteroatoms. The average Bonchev–Trinajstić information content (AvgIpc) is 3.06. The van der Waals surface area contributed by atoms with Crippen molar-refractivity contribution in [3.8, 4) is 5.75 Å². The van der Waals surface area contributed by atoms with Crippen LogP contribution in [0.25, 0.3) is 0 Å². The third-order valence-electron chi connectivity index (χ3n) is 4.83. The Balaban J connectivity index is 1.61. The van der Waals surface area contributed by atoms with Crippen molar-refractivity contribution < 1.29 is 9.53 Å². The number of carbonyl (C=O) groups excluding carboxylic acids is 1. The van der Waals surface area contributed by atoms with Gasteiger partial charge in [0, 0.05) is 17.8 Å². The minimum absolute atomic E-state index is 0.130. The number of halogens is 1. The summed E-state index contributed by atoms with van der Waals surface area (Å²) in [7, 11) is 1.87. The first-order valence-electron chi connectivity index (χ1n) is 9.56. The van der Waals surface area contributed by atoms with Crippen LogP contribution in [0.5, 0.6) is 5.75 Å². The van der Waals surface area contributed by atoms with Gasteiger partial charge in [-0.3, -0.25) is 4.79 Å². The zero-order valence-corrected chi connectivity index (χ0v) is 19.3. The number of nitrogens with zero attached hydrogens (tertiary/aromatic N) is 3. The van der Waals surface area contributed by atoms with Crippen LogP contribution in [0.1, 0.15) is 35.5 Å². The van der Waals surface area contributed by atoms with Gasteiger partial charge in [0.15, 0.2) is 17.1 Å². The summed E-state index contributed by atoms with van der Waals surface area (Å²) in [5.74, 6) is 1.57. The lowest BCUT2D eigenvalue weighted by Gasteiger charge is -2.15. The maximum Gasteiger partial charge on any atom is 0.234 e. The maximum absolute atomic E-state index is 12.3. The van der Waals surface area contributed by atoms with Crippen LogP contribution in [0.4, 0.5) is 5.69 Å². The molecule has 0 fully saturated rings. The minimum Gasteiger partial charge on any atom is -0.483 e. The molecule has 0 aliphatic carbocycles. The molecule has 1 unspecified atom stereocenters. The molecule has 0 saturated carbocycles. The molecule has 1 heterocycles. The van der Waals surface area contributed by atoms with Crippen LogP contribution in [0, 0.1) is 20.8 Å². The molecular formula is C22H25ClN4O2S. The van der Waals surface area contributed by atoms with Crippen LogP contribution in [-0.4, -0.2) is 26.4 Å². The third-order valence-corrected chi connectivity index (χ3v) is 6.08. The Kier molecular flexibility index (Phi) is 7.05. The predicted molar refractivity (Wildman–Crippen MR) is 122 cm³/mol. The van der Waals surface area contributed by atoms with E-state index < -0.39 is 0 Å². The second-order valence-corrected chi connectivity index (χ2v) is 8.58. The minimum atomic E-state index is -0.276. The van der Waals surface area contributed by atoms with Crippen LogP contribution >= 0.6 is 23.4 Å². The molecule has 0 radical (unpaired) electrons. The number of benzene rings is 2. The van der Waals surface area contributed by atoms with E-state index in [-0.39, 0.29) is 17.8 Å². The highest BCUT2D eigenvalue weighted by atomic mass is 35.5. The summed E-state index contributed by atoms with van der Waals surface area (Å²) >= 11 is 7.33. The number of rotatable bonds is 7. The second-order valence-electron chi connectivity index (χ2n) is 7.20. The van der Waals surface area contributed by atoms with E-state index in [9.17, 15) is 4.79 Å². The molecule has 1 amide bonds. The van der Waals surface area contributed by atoms with Crippen LogP contribution < -0.4 is 10.1 Å². The molecular weight excluding hydrogens is 420 g/mol. The monoisotopic (exact) mass is 444 g/mol. The van der Waals surface area contributed by atoms with Gasteiger partial charge in [0.2, 0.25) is 5.91 Å². The van der Waals surface area contributed by atoms with E-state index >= 15 is 0 Å². The van der Waals surface area contributed by atoms with Crippen LogP contribution in [0.15, 0.2) is 41.6 Å². The first kappa shape index (κ1) is 22.2. The lowest BCUT2D eigenvalue weighted by molar-refractivity contribution is -0.113. The zero-order chi connectivity index (χ0) is 21.8. The number of aryl methyl sites for hydroxylation is 3. The molecule has 2 aromatic carbocycles. The van der Waals surface area contributed by atoms with Gasteiger partial charge in [-0.15, -0.1) is 10.2 Å². The van der Waals surface area contributed by atoms with Gasteiger partial charge in [0.1, 0.15) is 5.75 Å². The summed E-state index contributed by atoms with van der Waals surface area (Å²) in [4.78, 5) is 12.3. The number of hydrogen-bond donors (Lipinski definition) is 1. The van der Waals surface area contributed by atoms with Gasteiger partial charge in [0.25, 0.3) is 0 Å². The molecule has 0 aliphatic heterocycles. The molecule has 6 nitrogen and oxygen atoms in total. The van der Waals surface area contributed by atoms with Crippen molar-refractivity contribution in [2.24, 2.45) is 7.05 Å². The lowest BCUT2D eigenvalue weighted by atomic mass is 10.1. The van der Waals surface area contributed by atoms with Gasteiger partial charge in [-0.25, -0.2) is 0 Å². The summed E-state index contributed by atoms with van der Waals surface area (Å²) < 4.78 is 7.89. The molecule has 0 spiro atoms. The summed E-state index contributed by atoms with van der Waals surface area (Å²) in [6.45, 7) is 7.98. The van der Waals surface area contributed by atoms with Crippen molar-refractivity contribution in [2.75, 3.05) is 11.1 Å². The highest BCUT2D eigenvalue weighted by molar-refractivity contribution is 7.99. The van der Waals surface area contributed by atoms with E-state index in [1.807, 2.05) is 49.7 Å². The number of ether oxygens (including phenoxy) is 1. The van der Waals surface area contributed by atoms with E-state index in [4.69, 9.17) is 16.3 Å². The number of amides is 1. The first-order valence-corrected chi connectivity index (χ1v) is 10.9. The highest BCUT2D eigenvalue weighted by Crippen LogP contribution is 2.25. The number of carbonyl (C=O) groups is 1. The summed E-state index contributed by atoms with van der Waals surface area (Å²) in [5.41, 5.74) is 4.06. The number of hydrogen-bond acceptors (Lipinski definition) is 5. The second kappa shape index (κ2) is 9.53. The average molecular weight is 445 g/mol. The molecule has 0 aliphatic rings. The van der Waals surface area contributed by atoms with Crippen molar-refractivity contribution in [3.05, 3.63) is 63.9 Å². The molecule has 1 N–H and O–H groups in total. The van der Waals surface area contributed by atoms with Crippen molar-refractivity contribution >= 4 is 35.0 Å². The highest BCUT2D eigenvalue weighted by Gasteiger charge is 2.18. The van der Waals surface area contributed by atoms with Crippen molar-refractivity contribution in [2.45, 2.75) is 39.0 Å². The maximum atomic E-state index is 12.3. The van der Waals surface area contributed by atoms with Gasteiger partial charge < -0.3 is 14.6 Å². The van der Waals surface area contributed by atoms with Gasteiger partial charge in [-0.05, 0) is 68.7 Å². The Morgan fingerprint density at radius 2 is 1.87 bits per heavy atom. The Morgan fingerprint density at radius 1 is 1.13 bits per heavy atom. The van der Waals surface area contributed by atoms with E-state index in [0.29, 0.717) is 21.7 Å². The van der Waals surface area contributed by atoms with E-state index in [1.54, 1.807) is 12.1 Å². The topological polar surface area (TPSA) is 69.0 Å². The Hall–Kier alpha value is -2.51. The van der Waals surface area contributed by atoms with Crippen LogP contribution in [0.2, 0.25) is 5.02 Å². The number of thioether (sulfide) groups is 1. The zero-order valence-electron chi connectivity index (χ0n) is 17.7. The molecule has 0 bridgehead atoms. The number of aromatic nitrogens is 3. The molecule has 3 rings (SSSR count). The third kappa shape index (κ3) is 5.34. The van der Waals surface area contributed by atoms with Crippen molar-refractivity contribution in [1.29, 1.82) is 0 Å². The van der Waals surface area contributed by atoms with Gasteiger partial charge >= 0.3 is 0 Å². The Morgan fingerprint density at radius 3 is 2.60 bits per heavy atom. The van der Waals surface area contributed by atoms with Gasteiger partial charge in [-0.1, -0.05) is 35.5 Å². The van der Waals surface area contributed by atoms with E-state index in [1.165, 1.54) is 22.9 Å². The Labute approximate surface area is 186 Å². The SMILES string of the molecule is Cc1ccc(OC(C)c2nnc(SCC(=O)Nc3cc(Cl)ccc3C)n2C)cc1C. The van der Waals surface area contributed by atoms with Crippen molar-refractivity contribution in [3.63, 3.8) is 0 Å². The van der Waals surface area contributed by atoms with E-state index in [0.717, 1.165) is 11.3 Å². The van der Waals surface area contributed by atoms with Crippen LogP contribution in [-0.2, 0) is 11.8 Å². The quantitative estimate of drug-likeness (QED) is 0.503. The first-order chi connectivity index (χ1) is 14.2. The summed E-state index contributed by atoms with van der Waals surface area (Å²) in [6, 6.07) is 11.4. The molecule has 158 valence electrons. The van der Waals surface area contributed by atoms with Gasteiger partial charge in [0.05, 0.1) is 5.75 Å². The molecule has 30 heavy (non-hydrogen) atoms. The fraction of sp³-hybridized carbons (Fsp3) is 0.318. The largest absolute Gasteiger partial charge is 0.483 e. The summed E-state index contributed by atoms with van der Waals surface area (Å²) in [5, 5.41) is 12.6. The lowest BCUT2D eigenvalue weighted by Crippen LogP contribution is -2.15. The van der Waals surface area contributed by atoms with Gasteiger partial charge in [-0.2, -0.15) is 0 Å². The number of anilines is 1. The predicted octanol–water partition coefficient (Wildman–Crippen LogP) is 5.26. The fourth-order valence-electron chi connectivity index (χ4n) is 2.90. The number of nitrogens with one attached hydrogen (secondary N) is 1.